The summed E-state index contributed by atoms with van der Waals surface area (Å²) in [5.41, 5.74) is 7.71. The standard InChI is InChI=1S/C16H22N4O/c1-3-9-20(11-12-7-5-6-8-13(12)17)15-10-16(21)19-14(4-2)18-15/h5-8,10H,3-4,9,11,17H2,1-2H3,(H,18,19,21). The molecule has 0 aliphatic carbocycles. The van der Waals surface area contributed by atoms with Crippen molar-refractivity contribution < 1.29 is 0 Å². The summed E-state index contributed by atoms with van der Waals surface area (Å²) in [6.45, 7) is 5.56. The summed E-state index contributed by atoms with van der Waals surface area (Å²) in [7, 11) is 0. The van der Waals surface area contributed by atoms with Gasteiger partial charge in [-0.1, -0.05) is 32.0 Å². The van der Waals surface area contributed by atoms with Gasteiger partial charge >= 0.3 is 0 Å². The predicted molar refractivity (Wildman–Crippen MR) is 86.4 cm³/mol. The normalized spacial score (nSPS) is 10.6. The van der Waals surface area contributed by atoms with Gasteiger partial charge in [-0.15, -0.1) is 0 Å². The number of aromatic nitrogens is 2. The average molecular weight is 286 g/mol. The first kappa shape index (κ1) is 15.1. The number of benzene rings is 1. The molecule has 0 aliphatic heterocycles. The molecule has 5 nitrogen and oxygen atoms in total. The molecule has 0 spiro atoms. The number of hydrogen-bond acceptors (Lipinski definition) is 4. The third-order valence-electron chi connectivity index (χ3n) is 3.35. The molecule has 2 aromatic rings. The molecule has 0 aliphatic rings. The quantitative estimate of drug-likeness (QED) is 0.799. The lowest BCUT2D eigenvalue weighted by molar-refractivity contribution is 0.744. The second kappa shape index (κ2) is 6.92. The molecular weight excluding hydrogens is 264 g/mol. The fourth-order valence-electron chi connectivity index (χ4n) is 2.25. The summed E-state index contributed by atoms with van der Waals surface area (Å²) in [6, 6.07) is 9.34. The number of hydrogen-bond donors (Lipinski definition) is 2. The Morgan fingerprint density at radius 1 is 1.29 bits per heavy atom. The van der Waals surface area contributed by atoms with Crippen molar-refractivity contribution in [2.75, 3.05) is 17.2 Å². The topological polar surface area (TPSA) is 75.0 Å². The maximum absolute atomic E-state index is 11.8. The lowest BCUT2D eigenvalue weighted by Crippen LogP contribution is -2.27. The Kier molecular flexibility index (Phi) is 4.98. The Morgan fingerprint density at radius 3 is 2.71 bits per heavy atom. The van der Waals surface area contributed by atoms with Crippen molar-refractivity contribution in [1.82, 2.24) is 9.97 Å². The van der Waals surface area contributed by atoms with Crippen molar-refractivity contribution in [3.63, 3.8) is 0 Å². The molecule has 0 atom stereocenters. The van der Waals surface area contributed by atoms with Crippen molar-refractivity contribution in [3.05, 3.63) is 52.1 Å². The number of nitrogens with zero attached hydrogens (tertiary/aromatic N) is 2. The van der Waals surface area contributed by atoms with Gasteiger partial charge in [-0.05, 0) is 18.1 Å². The van der Waals surface area contributed by atoms with Crippen molar-refractivity contribution in [2.45, 2.75) is 33.2 Å². The Labute approximate surface area is 124 Å². The Bertz CT molecular complexity index is 651. The van der Waals surface area contributed by atoms with E-state index in [1.165, 1.54) is 0 Å². The second-order valence-electron chi connectivity index (χ2n) is 5.02. The van der Waals surface area contributed by atoms with Gasteiger partial charge in [0.15, 0.2) is 0 Å². The zero-order valence-corrected chi connectivity index (χ0v) is 12.6. The predicted octanol–water partition coefficient (Wildman–Crippen LogP) is 2.33. The largest absolute Gasteiger partial charge is 0.398 e. The summed E-state index contributed by atoms with van der Waals surface area (Å²) in [4.78, 5) is 21.1. The number of aryl methyl sites for hydroxylation is 1. The van der Waals surface area contributed by atoms with Gasteiger partial charge in [0.25, 0.3) is 5.56 Å². The van der Waals surface area contributed by atoms with Gasteiger partial charge < -0.3 is 15.6 Å². The molecular formula is C16H22N4O. The minimum absolute atomic E-state index is 0.112. The molecule has 5 heteroatoms. The van der Waals surface area contributed by atoms with Crippen LogP contribution in [0, 0.1) is 0 Å². The third kappa shape index (κ3) is 3.84. The van der Waals surface area contributed by atoms with E-state index in [2.05, 4.69) is 21.8 Å². The van der Waals surface area contributed by atoms with Crippen LogP contribution in [0.2, 0.25) is 0 Å². The number of anilines is 2. The Hall–Kier alpha value is -2.30. The number of nitrogens with one attached hydrogen (secondary N) is 1. The average Bonchev–Trinajstić information content (AvgIpc) is 2.48. The number of aromatic amines is 1. The van der Waals surface area contributed by atoms with E-state index in [1.54, 1.807) is 6.07 Å². The number of nitrogens with two attached hydrogens (primary N) is 1. The first-order valence-electron chi connectivity index (χ1n) is 7.32. The van der Waals surface area contributed by atoms with Gasteiger partial charge in [0.1, 0.15) is 11.6 Å². The van der Waals surface area contributed by atoms with E-state index in [1.807, 2.05) is 31.2 Å². The molecule has 21 heavy (non-hydrogen) atoms. The maximum Gasteiger partial charge on any atom is 0.252 e. The van der Waals surface area contributed by atoms with E-state index in [4.69, 9.17) is 5.73 Å². The van der Waals surface area contributed by atoms with Crippen LogP contribution in [-0.2, 0) is 13.0 Å². The van der Waals surface area contributed by atoms with Crippen LogP contribution in [0.4, 0.5) is 11.5 Å². The molecule has 1 aromatic carbocycles. The van der Waals surface area contributed by atoms with Gasteiger partial charge in [0.05, 0.1) is 0 Å². The van der Waals surface area contributed by atoms with Gasteiger partial charge in [0, 0.05) is 31.3 Å². The van der Waals surface area contributed by atoms with Crippen LogP contribution in [0.3, 0.4) is 0 Å². The zero-order chi connectivity index (χ0) is 15.2. The minimum atomic E-state index is -0.112. The van der Waals surface area contributed by atoms with Crippen LogP contribution in [-0.4, -0.2) is 16.5 Å². The molecule has 0 amide bonds. The highest BCUT2D eigenvalue weighted by molar-refractivity contribution is 5.49. The number of H-pyrrole nitrogens is 1. The van der Waals surface area contributed by atoms with E-state index < -0.39 is 0 Å². The summed E-state index contributed by atoms with van der Waals surface area (Å²) >= 11 is 0. The van der Waals surface area contributed by atoms with E-state index in [-0.39, 0.29) is 5.56 Å². The van der Waals surface area contributed by atoms with Crippen molar-refractivity contribution in [3.8, 4) is 0 Å². The van der Waals surface area contributed by atoms with Crippen LogP contribution in [0.15, 0.2) is 35.1 Å². The molecule has 0 bridgehead atoms. The van der Waals surface area contributed by atoms with Crippen LogP contribution < -0.4 is 16.2 Å². The highest BCUT2D eigenvalue weighted by Crippen LogP contribution is 2.18. The Balaban J connectivity index is 2.33. The van der Waals surface area contributed by atoms with E-state index in [0.29, 0.717) is 24.6 Å². The minimum Gasteiger partial charge on any atom is -0.398 e. The van der Waals surface area contributed by atoms with Crippen LogP contribution >= 0.6 is 0 Å². The van der Waals surface area contributed by atoms with Crippen molar-refractivity contribution in [2.24, 2.45) is 0 Å². The number of nitrogen functional groups attached to an aromatic ring is 1. The van der Waals surface area contributed by atoms with Crippen molar-refractivity contribution >= 4 is 11.5 Å². The van der Waals surface area contributed by atoms with Crippen LogP contribution in [0.1, 0.15) is 31.7 Å². The summed E-state index contributed by atoms with van der Waals surface area (Å²) < 4.78 is 0. The highest BCUT2D eigenvalue weighted by atomic mass is 16.1. The molecule has 0 saturated carbocycles. The van der Waals surface area contributed by atoms with Gasteiger partial charge in [-0.2, -0.15) is 0 Å². The lowest BCUT2D eigenvalue weighted by atomic mass is 10.1. The summed E-state index contributed by atoms with van der Waals surface area (Å²) in [5, 5.41) is 0. The molecule has 0 unspecified atom stereocenters. The molecule has 0 fully saturated rings. The summed E-state index contributed by atoms with van der Waals surface area (Å²) in [6.07, 6.45) is 1.68. The van der Waals surface area contributed by atoms with E-state index in [9.17, 15) is 4.79 Å². The molecule has 3 N–H and O–H groups in total. The first-order valence-corrected chi connectivity index (χ1v) is 7.32. The fourth-order valence-corrected chi connectivity index (χ4v) is 2.25. The highest BCUT2D eigenvalue weighted by Gasteiger charge is 2.11. The molecule has 1 heterocycles. The Morgan fingerprint density at radius 2 is 2.05 bits per heavy atom. The second-order valence-corrected chi connectivity index (χ2v) is 5.02. The molecule has 0 saturated heterocycles. The number of rotatable bonds is 6. The monoisotopic (exact) mass is 286 g/mol. The zero-order valence-electron chi connectivity index (χ0n) is 12.6. The van der Waals surface area contributed by atoms with Crippen LogP contribution in [0.25, 0.3) is 0 Å². The van der Waals surface area contributed by atoms with Gasteiger partial charge in [-0.3, -0.25) is 4.79 Å². The molecule has 0 radical (unpaired) electrons. The van der Waals surface area contributed by atoms with Gasteiger partial charge in [-0.25, -0.2) is 4.98 Å². The molecule has 112 valence electrons. The van der Waals surface area contributed by atoms with Gasteiger partial charge in [0.2, 0.25) is 0 Å². The summed E-state index contributed by atoms with van der Waals surface area (Å²) in [5.74, 6) is 1.42. The number of para-hydroxylation sites is 1. The molecule has 2 rings (SSSR count). The maximum atomic E-state index is 11.8. The van der Waals surface area contributed by atoms with E-state index in [0.717, 1.165) is 24.2 Å². The van der Waals surface area contributed by atoms with Crippen molar-refractivity contribution in [1.29, 1.82) is 0 Å². The third-order valence-corrected chi connectivity index (χ3v) is 3.35. The van der Waals surface area contributed by atoms with E-state index >= 15 is 0 Å². The van der Waals surface area contributed by atoms with Crippen LogP contribution in [0.5, 0.6) is 0 Å². The smallest absolute Gasteiger partial charge is 0.252 e. The lowest BCUT2D eigenvalue weighted by Gasteiger charge is -2.24. The fraction of sp³-hybridized carbons (Fsp3) is 0.375. The first-order chi connectivity index (χ1) is 10.1. The molecule has 1 aromatic heterocycles. The SMILES string of the molecule is CCCN(Cc1ccccc1N)c1cc(=O)[nH]c(CC)n1.